The second kappa shape index (κ2) is 3.17. The number of hydrogen-bond acceptors (Lipinski definition) is 4. The molecule has 0 fully saturated rings. The Balaban J connectivity index is 2.98. The lowest BCUT2D eigenvalue weighted by Crippen LogP contribution is -1.84. The monoisotopic (exact) mass is 166 g/mol. The predicted molar refractivity (Wildman–Crippen MR) is 44.0 cm³/mol. The first-order chi connectivity index (χ1) is 5.24. The zero-order chi connectivity index (χ0) is 8.27. The highest BCUT2D eigenvalue weighted by atomic mass is 32.2. The molecule has 0 spiro atoms. The average molecular weight is 166 g/mol. The van der Waals surface area contributed by atoms with E-state index >= 15 is 0 Å². The molecule has 11 heavy (non-hydrogen) atoms. The van der Waals surface area contributed by atoms with E-state index in [2.05, 4.69) is 0 Å². The quantitative estimate of drug-likeness (QED) is 0.287. The number of phenols is 1. The van der Waals surface area contributed by atoms with Gasteiger partial charge in [0.05, 0.1) is 5.69 Å². The van der Waals surface area contributed by atoms with Gasteiger partial charge in [0.1, 0.15) is 11.2 Å². The summed E-state index contributed by atoms with van der Waals surface area (Å²) in [6.07, 6.45) is 0. The van der Waals surface area contributed by atoms with Gasteiger partial charge in [-0.1, -0.05) is 0 Å². The zero-order valence-corrected chi connectivity index (χ0v) is 6.43. The molecule has 0 bridgehead atoms. The number of thioether (sulfide) groups is 1. The summed E-state index contributed by atoms with van der Waals surface area (Å²) in [5.41, 5.74) is 5.67. The van der Waals surface area contributed by atoms with Crippen molar-refractivity contribution in [2.24, 2.45) is 0 Å². The molecule has 0 aliphatic rings. The molecule has 1 aromatic carbocycles. The molecule has 3 N–H and O–H groups in total. The van der Waals surface area contributed by atoms with Gasteiger partial charge in [0.15, 0.2) is 0 Å². The van der Waals surface area contributed by atoms with Crippen molar-refractivity contribution in [3.63, 3.8) is 0 Å². The minimum Gasteiger partial charge on any atom is -0.506 e. The largest absolute Gasteiger partial charge is 0.506 e. The van der Waals surface area contributed by atoms with Crippen LogP contribution in [-0.2, 0) is 0 Å². The van der Waals surface area contributed by atoms with Gasteiger partial charge in [0.2, 0.25) is 0 Å². The number of nitrogens with zero attached hydrogens (tertiary/aromatic N) is 1. The molecule has 0 amide bonds. The van der Waals surface area contributed by atoms with E-state index in [4.69, 9.17) is 16.1 Å². The van der Waals surface area contributed by atoms with Crippen molar-refractivity contribution in [1.29, 1.82) is 5.26 Å². The molecule has 0 unspecified atom stereocenters. The molecular formula is C7H6N2OS. The van der Waals surface area contributed by atoms with Gasteiger partial charge >= 0.3 is 0 Å². The number of benzene rings is 1. The summed E-state index contributed by atoms with van der Waals surface area (Å²) in [7, 11) is 0. The van der Waals surface area contributed by atoms with Crippen molar-refractivity contribution in [3.8, 4) is 11.2 Å². The van der Waals surface area contributed by atoms with Crippen LogP contribution in [0.1, 0.15) is 0 Å². The summed E-state index contributed by atoms with van der Waals surface area (Å²) in [5.74, 6) is 0.0188. The SMILES string of the molecule is N#CSc1ccc(N)c(O)c1. The molecule has 3 nitrogen and oxygen atoms in total. The first kappa shape index (κ1) is 7.76. The van der Waals surface area contributed by atoms with Crippen LogP contribution in [0.5, 0.6) is 5.75 Å². The highest BCUT2D eigenvalue weighted by molar-refractivity contribution is 8.03. The number of phenolic OH excluding ortho intramolecular Hbond substituents is 1. The third-order valence-corrected chi connectivity index (χ3v) is 1.75. The predicted octanol–water partition coefficient (Wildman–Crippen LogP) is 1.55. The molecule has 0 atom stereocenters. The Bertz CT molecular complexity index is 306. The number of hydrogen-bond donors (Lipinski definition) is 2. The molecule has 0 saturated heterocycles. The van der Waals surface area contributed by atoms with Crippen LogP contribution in [0.15, 0.2) is 23.1 Å². The van der Waals surface area contributed by atoms with Gasteiger partial charge in [-0.25, -0.2) is 0 Å². The van der Waals surface area contributed by atoms with Crippen LogP contribution in [0, 0.1) is 10.7 Å². The van der Waals surface area contributed by atoms with Gasteiger partial charge in [-0.05, 0) is 30.0 Å². The molecular weight excluding hydrogens is 160 g/mol. The molecule has 0 aliphatic heterocycles. The molecule has 0 radical (unpaired) electrons. The number of rotatable bonds is 1. The highest BCUT2D eigenvalue weighted by Gasteiger charge is 1.97. The van der Waals surface area contributed by atoms with E-state index in [1.165, 1.54) is 6.07 Å². The van der Waals surface area contributed by atoms with Crippen molar-refractivity contribution >= 4 is 17.4 Å². The number of nitrogens with two attached hydrogens (primary N) is 1. The van der Waals surface area contributed by atoms with E-state index in [-0.39, 0.29) is 5.75 Å². The fourth-order valence-corrected chi connectivity index (χ4v) is 1.05. The Morgan fingerprint density at radius 3 is 2.82 bits per heavy atom. The molecule has 56 valence electrons. The molecule has 4 heteroatoms. The highest BCUT2D eigenvalue weighted by Crippen LogP contribution is 2.26. The Kier molecular flexibility index (Phi) is 2.24. The minimum atomic E-state index is 0.0188. The van der Waals surface area contributed by atoms with Gasteiger partial charge < -0.3 is 10.8 Å². The van der Waals surface area contributed by atoms with E-state index < -0.39 is 0 Å². The third kappa shape index (κ3) is 1.79. The number of nitrogen functional groups attached to an aromatic ring is 1. The van der Waals surface area contributed by atoms with Gasteiger partial charge in [0.25, 0.3) is 0 Å². The van der Waals surface area contributed by atoms with Crippen molar-refractivity contribution in [3.05, 3.63) is 18.2 Å². The van der Waals surface area contributed by atoms with Crippen molar-refractivity contribution in [2.75, 3.05) is 5.73 Å². The maximum absolute atomic E-state index is 9.08. The minimum absolute atomic E-state index is 0.0188. The molecule has 0 saturated carbocycles. The maximum atomic E-state index is 9.08. The van der Waals surface area contributed by atoms with E-state index in [1.807, 2.05) is 5.40 Å². The van der Waals surface area contributed by atoms with Crippen LogP contribution in [0.25, 0.3) is 0 Å². The lowest BCUT2D eigenvalue weighted by Gasteiger charge is -1.98. The van der Waals surface area contributed by atoms with Gasteiger partial charge in [-0.3, -0.25) is 0 Å². The molecule has 1 aromatic rings. The van der Waals surface area contributed by atoms with Crippen molar-refractivity contribution < 1.29 is 5.11 Å². The summed E-state index contributed by atoms with van der Waals surface area (Å²) in [6, 6.07) is 4.71. The fraction of sp³-hybridized carbons (Fsp3) is 0. The third-order valence-electron chi connectivity index (χ3n) is 1.17. The number of anilines is 1. The van der Waals surface area contributed by atoms with Crippen molar-refractivity contribution in [1.82, 2.24) is 0 Å². The van der Waals surface area contributed by atoms with Crippen LogP contribution in [0.4, 0.5) is 5.69 Å². The summed E-state index contributed by atoms with van der Waals surface area (Å²) < 4.78 is 0. The van der Waals surface area contributed by atoms with E-state index in [9.17, 15) is 0 Å². The smallest absolute Gasteiger partial charge is 0.139 e. The Morgan fingerprint density at radius 2 is 2.27 bits per heavy atom. The standard InChI is InChI=1S/C7H6N2OS/c8-4-11-5-1-2-6(9)7(10)3-5/h1-3,10H,9H2. The van der Waals surface area contributed by atoms with Crippen LogP contribution < -0.4 is 5.73 Å². The summed E-state index contributed by atoms with van der Waals surface area (Å²) in [6.45, 7) is 0. The molecule has 1 rings (SSSR count). The zero-order valence-electron chi connectivity index (χ0n) is 5.61. The number of aromatic hydroxyl groups is 1. The Labute approximate surface area is 68.4 Å². The van der Waals surface area contributed by atoms with E-state index in [0.717, 1.165) is 11.8 Å². The van der Waals surface area contributed by atoms with E-state index in [0.29, 0.717) is 10.6 Å². The summed E-state index contributed by atoms with van der Waals surface area (Å²) in [5, 5.41) is 19.3. The Hall–Kier alpha value is -1.34. The van der Waals surface area contributed by atoms with E-state index in [1.54, 1.807) is 12.1 Å². The van der Waals surface area contributed by atoms with Crippen LogP contribution in [0.3, 0.4) is 0 Å². The molecule has 0 aromatic heterocycles. The normalized spacial score (nSPS) is 9.00. The first-order valence-corrected chi connectivity index (χ1v) is 3.70. The average Bonchev–Trinajstić information content (AvgIpc) is 1.98. The molecule has 0 heterocycles. The summed E-state index contributed by atoms with van der Waals surface area (Å²) >= 11 is 0.988. The fourth-order valence-electron chi connectivity index (χ4n) is 0.640. The van der Waals surface area contributed by atoms with Gasteiger partial charge in [-0.2, -0.15) is 5.26 Å². The van der Waals surface area contributed by atoms with Gasteiger partial charge in [-0.15, -0.1) is 0 Å². The second-order valence-corrected chi connectivity index (χ2v) is 2.77. The van der Waals surface area contributed by atoms with Crippen molar-refractivity contribution in [2.45, 2.75) is 4.90 Å². The lowest BCUT2D eigenvalue weighted by molar-refractivity contribution is 0.476. The first-order valence-electron chi connectivity index (χ1n) is 2.88. The lowest BCUT2D eigenvalue weighted by atomic mass is 10.3. The topological polar surface area (TPSA) is 70.0 Å². The number of thiocyanates is 1. The van der Waals surface area contributed by atoms with Crippen LogP contribution in [0.2, 0.25) is 0 Å². The number of nitriles is 1. The second-order valence-electron chi connectivity index (χ2n) is 1.91. The molecule has 0 aliphatic carbocycles. The van der Waals surface area contributed by atoms with Crippen LogP contribution >= 0.6 is 11.8 Å². The maximum Gasteiger partial charge on any atom is 0.139 e. The van der Waals surface area contributed by atoms with Gasteiger partial charge in [0, 0.05) is 4.90 Å². The summed E-state index contributed by atoms with van der Waals surface area (Å²) in [4.78, 5) is 0.694. The Morgan fingerprint density at radius 1 is 1.55 bits per heavy atom. The van der Waals surface area contributed by atoms with Crippen LogP contribution in [-0.4, -0.2) is 5.11 Å².